The number of hydrogen-bond donors (Lipinski definition) is 1. The molecule has 1 aromatic heterocycles. The monoisotopic (exact) mass is 425 g/mol. The van der Waals surface area contributed by atoms with Crippen molar-refractivity contribution < 1.29 is 18.3 Å². The lowest BCUT2D eigenvalue weighted by molar-refractivity contribution is -0.132. The summed E-state index contributed by atoms with van der Waals surface area (Å²) in [6, 6.07) is 11.6. The van der Waals surface area contributed by atoms with E-state index in [0.29, 0.717) is 24.9 Å². The minimum Gasteiger partial charge on any atom is -0.496 e. The van der Waals surface area contributed by atoms with Crippen LogP contribution in [0.15, 0.2) is 48.7 Å². The van der Waals surface area contributed by atoms with Gasteiger partial charge in [-0.25, -0.2) is 8.78 Å². The average Bonchev–Trinajstić information content (AvgIpc) is 3.29. The predicted molar refractivity (Wildman–Crippen MR) is 114 cm³/mol. The number of methoxy groups -OCH3 is 1. The van der Waals surface area contributed by atoms with Crippen LogP contribution >= 0.6 is 0 Å². The second kappa shape index (κ2) is 9.29. The highest BCUT2D eigenvalue weighted by molar-refractivity contribution is 5.77. The van der Waals surface area contributed by atoms with Crippen molar-refractivity contribution in [2.75, 3.05) is 20.2 Å². The Hall–Kier alpha value is -3.22. The molecule has 0 bridgehead atoms. The highest BCUT2D eigenvalue weighted by Crippen LogP contribution is 2.34. The van der Waals surface area contributed by atoms with Gasteiger partial charge < -0.3 is 9.64 Å². The van der Waals surface area contributed by atoms with E-state index in [2.05, 4.69) is 10.2 Å². The number of amides is 1. The second-order valence-electron chi connectivity index (χ2n) is 7.82. The molecule has 1 fully saturated rings. The molecule has 0 aliphatic carbocycles. The molecule has 1 amide bonds. The fourth-order valence-corrected chi connectivity index (χ4v) is 4.25. The Morgan fingerprint density at radius 3 is 2.87 bits per heavy atom. The molecule has 0 unspecified atom stereocenters. The first-order valence-electron chi connectivity index (χ1n) is 10.4. The molecule has 1 saturated heterocycles. The number of para-hydroxylation sites is 1. The Morgan fingerprint density at radius 1 is 1.23 bits per heavy atom. The normalized spacial score (nSPS) is 16.4. The van der Waals surface area contributed by atoms with Crippen molar-refractivity contribution in [3.8, 4) is 16.9 Å². The van der Waals surface area contributed by atoms with Crippen LogP contribution in [0.1, 0.15) is 36.4 Å². The van der Waals surface area contributed by atoms with Gasteiger partial charge in [0.15, 0.2) is 11.6 Å². The van der Waals surface area contributed by atoms with Crippen LogP contribution in [-0.4, -0.2) is 41.2 Å². The van der Waals surface area contributed by atoms with E-state index in [9.17, 15) is 13.6 Å². The molecule has 1 N–H and O–H groups in total. The first-order chi connectivity index (χ1) is 15.1. The first kappa shape index (κ1) is 21.0. The lowest BCUT2D eigenvalue weighted by atomic mass is 9.90. The molecular weight excluding hydrogens is 400 g/mol. The lowest BCUT2D eigenvalue weighted by Gasteiger charge is -2.33. The average molecular weight is 425 g/mol. The van der Waals surface area contributed by atoms with Gasteiger partial charge in [0.05, 0.1) is 13.3 Å². The van der Waals surface area contributed by atoms with Crippen LogP contribution in [-0.2, 0) is 11.2 Å². The molecule has 1 aliphatic rings. The van der Waals surface area contributed by atoms with Crippen molar-refractivity contribution in [1.29, 1.82) is 0 Å². The van der Waals surface area contributed by atoms with Crippen LogP contribution in [0.2, 0.25) is 0 Å². The Labute approximate surface area is 180 Å². The third-order valence-corrected chi connectivity index (χ3v) is 5.88. The number of nitrogens with one attached hydrogen (secondary N) is 1. The number of aryl methyl sites for hydroxylation is 1. The quantitative estimate of drug-likeness (QED) is 0.623. The molecule has 0 spiro atoms. The summed E-state index contributed by atoms with van der Waals surface area (Å²) in [5.74, 6) is -0.806. The number of likely N-dealkylation sites (tertiary alicyclic amines) is 1. The van der Waals surface area contributed by atoms with Crippen molar-refractivity contribution in [3.63, 3.8) is 0 Å². The van der Waals surface area contributed by atoms with Gasteiger partial charge in [0.2, 0.25) is 5.91 Å². The SMILES string of the molecule is COc1ccccc1CCC(=O)N1CCC[C@@H](c2[nH]ncc2-c2ccc(F)c(F)c2)C1. The number of hydrogen-bond acceptors (Lipinski definition) is 3. The van der Waals surface area contributed by atoms with E-state index in [4.69, 9.17) is 4.74 Å². The molecule has 0 radical (unpaired) electrons. The molecule has 162 valence electrons. The molecule has 5 nitrogen and oxygen atoms in total. The summed E-state index contributed by atoms with van der Waals surface area (Å²) >= 11 is 0. The zero-order valence-electron chi connectivity index (χ0n) is 17.4. The second-order valence-corrected chi connectivity index (χ2v) is 7.82. The summed E-state index contributed by atoms with van der Waals surface area (Å²) in [5.41, 5.74) is 3.18. The summed E-state index contributed by atoms with van der Waals surface area (Å²) in [7, 11) is 1.63. The molecular formula is C24H25F2N3O2. The Morgan fingerprint density at radius 2 is 2.06 bits per heavy atom. The summed E-state index contributed by atoms with van der Waals surface area (Å²) in [6.07, 6.45) is 4.43. The maximum atomic E-state index is 13.7. The molecule has 7 heteroatoms. The number of H-pyrrole nitrogens is 1. The zero-order valence-corrected chi connectivity index (χ0v) is 17.4. The van der Waals surface area contributed by atoms with E-state index in [-0.39, 0.29) is 11.8 Å². The molecule has 31 heavy (non-hydrogen) atoms. The van der Waals surface area contributed by atoms with Gasteiger partial charge in [-0.2, -0.15) is 5.10 Å². The van der Waals surface area contributed by atoms with E-state index >= 15 is 0 Å². The predicted octanol–water partition coefficient (Wildman–Crippen LogP) is 4.70. The topological polar surface area (TPSA) is 58.2 Å². The van der Waals surface area contributed by atoms with E-state index < -0.39 is 11.6 Å². The van der Waals surface area contributed by atoms with Crippen LogP contribution in [0.3, 0.4) is 0 Å². The number of piperidine rings is 1. The third kappa shape index (κ3) is 4.60. The van der Waals surface area contributed by atoms with Crippen molar-refractivity contribution in [2.45, 2.75) is 31.6 Å². The number of nitrogens with zero attached hydrogens (tertiary/aromatic N) is 2. The highest BCUT2D eigenvalue weighted by atomic mass is 19.2. The largest absolute Gasteiger partial charge is 0.496 e. The van der Waals surface area contributed by atoms with Crippen LogP contribution in [0.25, 0.3) is 11.1 Å². The lowest BCUT2D eigenvalue weighted by Crippen LogP contribution is -2.39. The first-order valence-corrected chi connectivity index (χ1v) is 10.4. The maximum absolute atomic E-state index is 13.7. The molecule has 1 aliphatic heterocycles. The van der Waals surface area contributed by atoms with Gasteiger partial charge in [0, 0.05) is 36.7 Å². The molecule has 1 atom stereocenters. The minimum absolute atomic E-state index is 0.0644. The summed E-state index contributed by atoms with van der Waals surface area (Å²) in [6.45, 7) is 1.29. The molecule has 0 saturated carbocycles. The van der Waals surface area contributed by atoms with Crippen molar-refractivity contribution >= 4 is 5.91 Å². The van der Waals surface area contributed by atoms with Crippen molar-refractivity contribution in [1.82, 2.24) is 15.1 Å². The number of aromatic amines is 1. The number of carbonyl (C=O) groups excluding carboxylic acids is 1. The van der Waals surface area contributed by atoms with E-state index in [0.717, 1.165) is 48.0 Å². The third-order valence-electron chi connectivity index (χ3n) is 5.88. The number of halogens is 2. The van der Waals surface area contributed by atoms with Gasteiger partial charge in [0.1, 0.15) is 5.75 Å². The summed E-state index contributed by atoms with van der Waals surface area (Å²) < 4.78 is 32.4. The number of rotatable bonds is 6. The Bertz CT molecular complexity index is 1070. The molecule has 2 heterocycles. The van der Waals surface area contributed by atoms with Crippen molar-refractivity contribution in [2.24, 2.45) is 0 Å². The van der Waals surface area contributed by atoms with Crippen LogP contribution in [0.4, 0.5) is 8.78 Å². The molecule has 2 aromatic carbocycles. The van der Waals surface area contributed by atoms with Crippen molar-refractivity contribution in [3.05, 3.63) is 71.6 Å². The Balaban J connectivity index is 1.45. The smallest absolute Gasteiger partial charge is 0.222 e. The Kier molecular flexibility index (Phi) is 6.30. The number of carbonyl (C=O) groups is 1. The highest BCUT2D eigenvalue weighted by Gasteiger charge is 2.28. The van der Waals surface area contributed by atoms with E-state index in [1.807, 2.05) is 29.2 Å². The molecule has 4 rings (SSSR count). The van der Waals surface area contributed by atoms with Gasteiger partial charge in [-0.1, -0.05) is 24.3 Å². The van der Waals surface area contributed by atoms with Gasteiger partial charge >= 0.3 is 0 Å². The number of aromatic nitrogens is 2. The standard InChI is InChI=1S/C24H25F2N3O2/c1-31-22-7-3-2-5-16(22)9-11-23(30)29-12-4-6-18(15-29)24-19(14-27-28-24)17-8-10-20(25)21(26)13-17/h2-3,5,7-8,10,13-14,18H,4,6,9,11-12,15H2,1H3,(H,27,28)/t18-/m1/s1. The van der Waals surface area contributed by atoms with Gasteiger partial charge in [-0.15, -0.1) is 0 Å². The summed E-state index contributed by atoms with van der Waals surface area (Å²) in [4.78, 5) is 14.8. The fraction of sp³-hybridized carbons (Fsp3) is 0.333. The van der Waals surface area contributed by atoms with E-state index in [1.165, 1.54) is 6.07 Å². The maximum Gasteiger partial charge on any atom is 0.222 e. The fourth-order valence-electron chi connectivity index (χ4n) is 4.25. The minimum atomic E-state index is -0.888. The summed E-state index contributed by atoms with van der Waals surface area (Å²) in [5, 5.41) is 7.15. The van der Waals surface area contributed by atoms with Gasteiger partial charge in [-0.3, -0.25) is 9.89 Å². The van der Waals surface area contributed by atoms with E-state index in [1.54, 1.807) is 19.4 Å². The number of benzene rings is 2. The van der Waals surface area contributed by atoms with Gasteiger partial charge in [0.25, 0.3) is 0 Å². The number of ether oxygens (including phenoxy) is 1. The van der Waals surface area contributed by atoms with Gasteiger partial charge in [-0.05, 0) is 48.6 Å². The van der Waals surface area contributed by atoms with Crippen LogP contribution in [0, 0.1) is 11.6 Å². The molecule has 3 aromatic rings. The zero-order chi connectivity index (χ0) is 21.8. The van der Waals surface area contributed by atoms with Crippen LogP contribution in [0.5, 0.6) is 5.75 Å². The van der Waals surface area contributed by atoms with Crippen LogP contribution < -0.4 is 4.74 Å².